The van der Waals surface area contributed by atoms with Crippen LogP contribution in [0.2, 0.25) is 0 Å². The van der Waals surface area contributed by atoms with Gasteiger partial charge in [-0.15, -0.1) is 11.3 Å². The summed E-state index contributed by atoms with van der Waals surface area (Å²) in [6.07, 6.45) is 5.46. The zero-order chi connectivity index (χ0) is 21.5. The highest BCUT2D eigenvalue weighted by Gasteiger charge is 2.29. The maximum Gasteiger partial charge on any atom is 0.267 e. The molecular weight excluding hydrogens is 426 g/mol. The number of nitrogens with zero attached hydrogens (tertiary/aromatic N) is 2. The van der Waals surface area contributed by atoms with Crippen LogP contribution in [0.4, 0.5) is 0 Å². The van der Waals surface area contributed by atoms with E-state index in [1.807, 2.05) is 30.3 Å². The summed E-state index contributed by atoms with van der Waals surface area (Å²) < 4.78 is 1.69. The molecule has 31 heavy (non-hydrogen) atoms. The van der Waals surface area contributed by atoms with Gasteiger partial charge in [-0.05, 0) is 68.6 Å². The van der Waals surface area contributed by atoms with E-state index in [4.69, 9.17) is 4.98 Å². The Hall–Kier alpha value is -2.12. The number of thiophene rings is 1. The summed E-state index contributed by atoms with van der Waals surface area (Å²) in [4.78, 5) is 33.2. The first-order valence-corrected chi connectivity index (χ1v) is 12.9. The van der Waals surface area contributed by atoms with Gasteiger partial charge >= 0.3 is 0 Å². The van der Waals surface area contributed by atoms with Crippen molar-refractivity contribution < 1.29 is 4.79 Å². The van der Waals surface area contributed by atoms with Gasteiger partial charge in [-0.2, -0.15) is 0 Å². The van der Waals surface area contributed by atoms with Gasteiger partial charge in [-0.25, -0.2) is 4.98 Å². The number of aryl methyl sites for hydroxylation is 1. The second-order valence-electron chi connectivity index (χ2n) is 8.88. The molecule has 1 fully saturated rings. The molecule has 3 aromatic rings. The first-order chi connectivity index (χ1) is 15.0. The molecule has 1 N–H and O–H groups in total. The molecule has 0 radical (unpaired) electrons. The number of amides is 1. The Balaban J connectivity index is 1.53. The van der Waals surface area contributed by atoms with Gasteiger partial charge in [0.15, 0.2) is 5.16 Å². The molecule has 2 unspecified atom stereocenters. The predicted octanol–water partition coefficient (Wildman–Crippen LogP) is 4.58. The number of hydrogen-bond acceptors (Lipinski definition) is 5. The lowest BCUT2D eigenvalue weighted by Gasteiger charge is -2.18. The third kappa shape index (κ3) is 4.17. The summed E-state index contributed by atoms with van der Waals surface area (Å²) in [5, 5.41) is 4.45. The molecule has 2 heterocycles. The maximum absolute atomic E-state index is 13.7. The molecule has 2 aromatic heterocycles. The van der Waals surface area contributed by atoms with Crippen LogP contribution in [0.3, 0.4) is 0 Å². The second-order valence-corrected chi connectivity index (χ2v) is 10.9. The maximum atomic E-state index is 13.7. The lowest BCUT2D eigenvalue weighted by atomic mass is 9.89. The molecule has 0 aliphatic heterocycles. The van der Waals surface area contributed by atoms with Gasteiger partial charge in [0.2, 0.25) is 5.91 Å². The largest absolute Gasteiger partial charge is 0.353 e. The van der Waals surface area contributed by atoms with Gasteiger partial charge in [-0.1, -0.05) is 36.9 Å². The topological polar surface area (TPSA) is 64.0 Å². The van der Waals surface area contributed by atoms with Crippen LogP contribution in [0.15, 0.2) is 40.3 Å². The van der Waals surface area contributed by atoms with Crippen LogP contribution in [0.25, 0.3) is 15.9 Å². The van der Waals surface area contributed by atoms with Crippen LogP contribution in [-0.2, 0) is 17.6 Å². The molecule has 0 bridgehead atoms. The molecule has 5 rings (SSSR count). The zero-order valence-corrected chi connectivity index (χ0v) is 19.5. The normalized spacial score (nSPS) is 19.2. The van der Waals surface area contributed by atoms with Crippen molar-refractivity contribution in [1.29, 1.82) is 0 Å². The minimum absolute atomic E-state index is 0.00217. The molecule has 2 atom stereocenters. The lowest BCUT2D eigenvalue weighted by molar-refractivity contribution is -0.119. The van der Waals surface area contributed by atoms with E-state index in [0.717, 1.165) is 35.2 Å². The highest BCUT2D eigenvalue weighted by atomic mass is 32.2. The first kappa shape index (κ1) is 20.8. The molecule has 1 saturated carbocycles. The number of rotatable bonds is 6. The highest BCUT2D eigenvalue weighted by Crippen LogP contribution is 2.37. The zero-order valence-electron chi connectivity index (χ0n) is 17.9. The second kappa shape index (κ2) is 8.43. The van der Waals surface area contributed by atoms with Gasteiger partial charge < -0.3 is 5.32 Å². The molecule has 2 aliphatic rings. The predicted molar refractivity (Wildman–Crippen MR) is 127 cm³/mol. The first-order valence-electron chi connectivity index (χ1n) is 11.1. The summed E-state index contributed by atoms with van der Waals surface area (Å²) in [5.41, 5.74) is 1.96. The summed E-state index contributed by atoms with van der Waals surface area (Å²) in [6, 6.07) is 9.86. The third-order valence-electron chi connectivity index (χ3n) is 6.36. The number of thioether (sulfide) groups is 1. The molecule has 0 saturated heterocycles. The molecule has 5 nitrogen and oxygen atoms in total. The molecule has 1 amide bonds. The van der Waals surface area contributed by atoms with E-state index in [2.05, 4.69) is 19.2 Å². The molecule has 7 heteroatoms. The fourth-order valence-corrected chi connectivity index (χ4v) is 6.66. The van der Waals surface area contributed by atoms with Crippen molar-refractivity contribution >= 4 is 39.2 Å². The summed E-state index contributed by atoms with van der Waals surface area (Å²) in [6.45, 7) is 4.34. The van der Waals surface area contributed by atoms with Crippen LogP contribution in [0.5, 0.6) is 0 Å². The van der Waals surface area contributed by atoms with E-state index >= 15 is 0 Å². The average Bonchev–Trinajstić information content (AvgIpc) is 3.54. The number of aromatic nitrogens is 2. The van der Waals surface area contributed by atoms with Gasteiger partial charge in [0, 0.05) is 10.9 Å². The number of carbonyl (C=O) groups is 1. The molecule has 1 aromatic carbocycles. The number of carbonyl (C=O) groups excluding carboxylic acids is 1. The minimum Gasteiger partial charge on any atom is -0.353 e. The van der Waals surface area contributed by atoms with Crippen molar-refractivity contribution in [3.8, 4) is 5.69 Å². The van der Waals surface area contributed by atoms with E-state index in [9.17, 15) is 9.59 Å². The third-order valence-corrected chi connectivity index (χ3v) is 8.45. The molecular formula is C24H27N3O2S2. The lowest BCUT2D eigenvalue weighted by Crippen LogP contribution is -2.35. The number of para-hydroxylation sites is 1. The Morgan fingerprint density at radius 1 is 1.29 bits per heavy atom. The van der Waals surface area contributed by atoms with E-state index in [-0.39, 0.29) is 23.3 Å². The van der Waals surface area contributed by atoms with Crippen molar-refractivity contribution in [3.63, 3.8) is 0 Å². The summed E-state index contributed by atoms with van der Waals surface area (Å²) >= 11 is 3.00. The van der Waals surface area contributed by atoms with Gasteiger partial charge in [0.25, 0.3) is 5.56 Å². The van der Waals surface area contributed by atoms with E-state index in [1.165, 1.54) is 35.0 Å². The quantitative estimate of drug-likeness (QED) is 0.438. The van der Waals surface area contributed by atoms with E-state index in [1.54, 1.807) is 15.9 Å². The Bertz CT molecular complexity index is 1180. The van der Waals surface area contributed by atoms with Crippen LogP contribution in [0, 0.1) is 11.8 Å². The Morgan fingerprint density at radius 2 is 2.06 bits per heavy atom. The highest BCUT2D eigenvalue weighted by molar-refractivity contribution is 7.99. The van der Waals surface area contributed by atoms with Crippen molar-refractivity contribution in [2.45, 2.75) is 57.1 Å². The average molecular weight is 454 g/mol. The Morgan fingerprint density at radius 3 is 2.81 bits per heavy atom. The SMILES string of the molecule is CC1CCc2c(sc3nc(SCC(=O)NC(C)C4CC4)n(-c4ccccc4)c(=O)c23)C1. The van der Waals surface area contributed by atoms with Crippen LogP contribution in [0.1, 0.15) is 43.6 Å². The molecule has 0 spiro atoms. The molecule has 2 aliphatic carbocycles. The van der Waals surface area contributed by atoms with Crippen molar-refractivity contribution in [2.24, 2.45) is 11.8 Å². The Labute approximate surface area is 190 Å². The van der Waals surface area contributed by atoms with Crippen molar-refractivity contribution in [3.05, 3.63) is 51.1 Å². The van der Waals surface area contributed by atoms with Gasteiger partial charge in [0.05, 0.1) is 16.8 Å². The van der Waals surface area contributed by atoms with E-state index < -0.39 is 0 Å². The number of benzene rings is 1. The number of nitrogens with one attached hydrogen (secondary N) is 1. The van der Waals surface area contributed by atoms with Crippen LogP contribution < -0.4 is 10.9 Å². The fourth-order valence-electron chi connectivity index (χ4n) is 4.41. The van der Waals surface area contributed by atoms with Gasteiger partial charge in [0.1, 0.15) is 4.83 Å². The number of hydrogen-bond donors (Lipinski definition) is 1. The monoisotopic (exact) mass is 453 g/mol. The van der Waals surface area contributed by atoms with Gasteiger partial charge in [-0.3, -0.25) is 14.2 Å². The standard InChI is InChI=1S/C24H27N3O2S2/c1-14-8-11-18-19(12-14)31-22-21(18)23(29)27(17-6-4-3-5-7-17)24(26-22)30-13-20(28)25-15(2)16-9-10-16/h3-7,14-16H,8-13H2,1-2H3,(H,25,28). The molecule has 162 valence electrons. The smallest absolute Gasteiger partial charge is 0.267 e. The fraction of sp³-hybridized carbons (Fsp3) is 0.458. The summed E-state index contributed by atoms with van der Waals surface area (Å²) in [7, 11) is 0. The van der Waals surface area contributed by atoms with Crippen LogP contribution in [-0.4, -0.2) is 27.3 Å². The number of fused-ring (bicyclic) bond motifs is 3. The van der Waals surface area contributed by atoms with E-state index in [0.29, 0.717) is 17.0 Å². The van der Waals surface area contributed by atoms with Crippen molar-refractivity contribution in [1.82, 2.24) is 14.9 Å². The Kier molecular flexibility index (Phi) is 5.65. The minimum atomic E-state index is -0.0162. The summed E-state index contributed by atoms with van der Waals surface area (Å²) in [5.74, 6) is 1.51. The van der Waals surface area contributed by atoms with Crippen molar-refractivity contribution in [2.75, 3.05) is 5.75 Å². The van der Waals surface area contributed by atoms with Crippen LogP contribution >= 0.6 is 23.1 Å².